The highest BCUT2D eigenvalue weighted by Crippen LogP contribution is 2.35. The third kappa shape index (κ3) is 1.63. The molecule has 0 amide bonds. The summed E-state index contributed by atoms with van der Waals surface area (Å²) in [6, 6.07) is 3.00. The summed E-state index contributed by atoms with van der Waals surface area (Å²) in [5, 5.41) is -0.944. The molecule has 2 nitrogen and oxygen atoms in total. The molecule has 0 atom stereocenters. The molecule has 0 aliphatic carbocycles. The molecule has 116 valence electrons. The van der Waals surface area contributed by atoms with Crippen LogP contribution in [0.1, 0.15) is 0 Å². The normalized spacial score (nSPS) is 11.9. The Balaban J connectivity index is 2.50. The summed E-state index contributed by atoms with van der Waals surface area (Å²) < 4.78 is 83.5. The maximum atomic E-state index is 14.2. The second-order valence-electron chi connectivity index (χ2n) is 4.91. The standard InChI is InChI=1S/C15H4F6N2/c16-5-1-2-6-7(3-5)9-10(18)11(19)12(20)13(21)14(9)23-8(17)4-22-15(6)23/h1-4H. The number of imidazole rings is 1. The summed E-state index contributed by atoms with van der Waals surface area (Å²) >= 11 is 0. The average Bonchev–Trinajstić information content (AvgIpc) is 2.91. The highest BCUT2D eigenvalue weighted by atomic mass is 19.2. The molecule has 2 aromatic carbocycles. The van der Waals surface area contributed by atoms with Gasteiger partial charge in [0.25, 0.3) is 0 Å². The van der Waals surface area contributed by atoms with Gasteiger partial charge in [-0.3, -0.25) is 4.40 Å². The molecule has 0 N–H and O–H groups in total. The lowest BCUT2D eigenvalue weighted by atomic mass is 10.0. The predicted octanol–water partition coefficient (Wildman–Crippen LogP) is 4.48. The fraction of sp³-hybridized carbons (Fsp3) is 0. The van der Waals surface area contributed by atoms with Crippen molar-refractivity contribution in [2.75, 3.05) is 0 Å². The van der Waals surface area contributed by atoms with Gasteiger partial charge < -0.3 is 0 Å². The van der Waals surface area contributed by atoms with Crippen LogP contribution in [0, 0.1) is 35.0 Å². The maximum Gasteiger partial charge on any atom is 0.218 e. The minimum absolute atomic E-state index is 0.0621. The lowest BCUT2D eigenvalue weighted by Crippen LogP contribution is -2.04. The third-order valence-corrected chi connectivity index (χ3v) is 3.68. The zero-order valence-corrected chi connectivity index (χ0v) is 11.0. The van der Waals surface area contributed by atoms with Crippen LogP contribution in [0.3, 0.4) is 0 Å². The molecule has 0 unspecified atom stereocenters. The highest BCUT2D eigenvalue weighted by Gasteiger charge is 2.26. The van der Waals surface area contributed by atoms with Crippen molar-refractivity contribution in [1.29, 1.82) is 0 Å². The molecule has 0 aliphatic heterocycles. The number of hydrogen-bond acceptors (Lipinski definition) is 1. The van der Waals surface area contributed by atoms with E-state index in [9.17, 15) is 26.3 Å². The van der Waals surface area contributed by atoms with Gasteiger partial charge >= 0.3 is 0 Å². The number of fused-ring (bicyclic) bond motifs is 6. The molecule has 0 spiro atoms. The smallest absolute Gasteiger partial charge is 0.218 e. The zero-order valence-electron chi connectivity index (χ0n) is 11.0. The molecule has 0 aliphatic rings. The first-order chi connectivity index (χ1) is 10.9. The van der Waals surface area contributed by atoms with Crippen LogP contribution >= 0.6 is 0 Å². The van der Waals surface area contributed by atoms with Crippen molar-refractivity contribution in [2.24, 2.45) is 0 Å². The molecule has 2 heterocycles. The van der Waals surface area contributed by atoms with E-state index in [4.69, 9.17) is 0 Å². The molecule has 2 aromatic heterocycles. The SMILES string of the molecule is Fc1ccc2c(c1)c1c(F)c(F)c(F)c(F)c1n1c(F)cnc21. The number of nitrogens with zero attached hydrogens (tertiary/aromatic N) is 2. The van der Waals surface area contributed by atoms with Gasteiger partial charge in [0, 0.05) is 16.2 Å². The molecule has 23 heavy (non-hydrogen) atoms. The van der Waals surface area contributed by atoms with Crippen molar-refractivity contribution < 1.29 is 26.3 Å². The molecular weight excluding hydrogens is 322 g/mol. The van der Waals surface area contributed by atoms with Gasteiger partial charge in [0.2, 0.25) is 5.95 Å². The highest BCUT2D eigenvalue weighted by molar-refractivity contribution is 6.12. The van der Waals surface area contributed by atoms with Crippen molar-refractivity contribution in [3.05, 3.63) is 59.4 Å². The van der Waals surface area contributed by atoms with E-state index in [2.05, 4.69) is 4.98 Å². The fourth-order valence-corrected chi connectivity index (χ4v) is 2.73. The summed E-state index contributed by atoms with van der Waals surface area (Å²) in [5.74, 6) is -9.56. The Hall–Kier alpha value is -2.77. The van der Waals surface area contributed by atoms with Crippen LogP contribution in [0.4, 0.5) is 26.3 Å². The van der Waals surface area contributed by atoms with E-state index in [0.29, 0.717) is 4.40 Å². The van der Waals surface area contributed by atoms with Gasteiger partial charge in [0.15, 0.2) is 23.3 Å². The van der Waals surface area contributed by atoms with Crippen LogP contribution in [0.15, 0.2) is 24.4 Å². The molecular formula is C15H4F6N2. The van der Waals surface area contributed by atoms with Gasteiger partial charge in [0.05, 0.1) is 11.7 Å². The van der Waals surface area contributed by atoms with Crippen molar-refractivity contribution in [3.63, 3.8) is 0 Å². The average molecular weight is 326 g/mol. The third-order valence-electron chi connectivity index (χ3n) is 3.68. The molecule has 0 bridgehead atoms. The van der Waals surface area contributed by atoms with E-state index in [0.717, 1.165) is 18.3 Å². The number of aromatic nitrogens is 2. The summed E-state index contributed by atoms with van der Waals surface area (Å²) in [5.41, 5.74) is -1.06. The van der Waals surface area contributed by atoms with Crippen molar-refractivity contribution >= 4 is 27.3 Å². The van der Waals surface area contributed by atoms with E-state index < -0.39 is 45.9 Å². The largest absolute Gasteiger partial charge is 0.265 e. The Kier molecular flexibility index (Phi) is 2.64. The minimum Gasteiger partial charge on any atom is -0.265 e. The Labute approximate surface area is 123 Å². The second kappa shape index (κ2) is 4.37. The minimum atomic E-state index is -2.08. The summed E-state index contributed by atoms with van der Waals surface area (Å²) in [6.07, 6.45) is 0.718. The van der Waals surface area contributed by atoms with Gasteiger partial charge in [0.1, 0.15) is 11.5 Å². The van der Waals surface area contributed by atoms with E-state index in [-0.39, 0.29) is 16.4 Å². The van der Waals surface area contributed by atoms with Gasteiger partial charge in [-0.05, 0) is 18.2 Å². The van der Waals surface area contributed by atoms with Crippen LogP contribution in [0.2, 0.25) is 0 Å². The molecule has 0 saturated heterocycles. The number of rotatable bonds is 0. The number of halogens is 6. The van der Waals surface area contributed by atoms with E-state index in [1.165, 1.54) is 6.07 Å². The topological polar surface area (TPSA) is 17.3 Å². The monoisotopic (exact) mass is 326 g/mol. The van der Waals surface area contributed by atoms with Crippen LogP contribution in [0.25, 0.3) is 27.3 Å². The zero-order chi connectivity index (χ0) is 16.5. The molecule has 0 saturated carbocycles. The first kappa shape index (κ1) is 13.9. The fourth-order valence-electron chi connectivity index (χ4n) is 2.73. The van der Waals surface area contributed by atoms with E-state index in [1.807, 2.05) is 0 Å². The number of benzene rings is 2. The number of pyridine rings is 1. The Morgan fingerprint density at radius 2 is 1.48 bits per heavy atom. The van der Waals surface area contributed by atoms with E-state index in [1.54, 1.807) is 0 Å². The lowest BCUT2D eigenvalue weighted by molar-refractivity contribution is 0.416. The molecule has 8 heteroatoms. The Bertz CT molecular complexity index is 1130. The predicted molar refractivity (Wildman–Crippen MR) is 70.0 cm³/mol. The maximum absolute atomic E-state index is 14.2. The van der Waals surface area contributed by atoms with Gasteiger partial charge in [-0.25, -0.2) is 26.9 Å². The summed E-state index contributed by atoms with van der Waals surface area (Å²) in [4.78, 5) is 3.71. The molecule has 0 radical (unpaired) electrons. The van der Waals surface area contributed by atoms with Gasteiger partial charge in [-0.1, -0.05) is 0 Å². The first-order valence-corrected chi connectivity index (χ1v) is 6.31. The summed E-state index contributed by atoms with van der Waals surface area (Å²) in [6.45, 7) is 0. The van der Waals surface area contributed by atoms with Gasteiger partial charge in [-0.15, -0.1) is 0 Å². The van der Waals surface area contributed by atoms with E-state index >= 15 is 0 Å². The van der Waals surface area contributed by atoms with Crippen molar-refractivity contribution in [2.45, 2.75) is 0 Å². The Morgan fingerprint density at radius 1 is 0.783 bits per heavy atom. The lowest BCUT2D eigenvalue weighted by Gasteiger charge is -2.11. The molecule has 4 aromatic rings. The second-order valence-corrected chi connectivity index (χ2v) is 4.91. The van der Waals surface area contributed by atoms with Crippen LogP contribution in [-0.4, -0.2) is 9.38 Å². The van der Waals surface area contributed by atoms with Crippen molar-refractivity contribution in [1.82, 2.24) is 9.38 Å². The molecule has 0 fully saturated rings. The van der Waals surface area contributed by atoms with Crippen molar-refractivity contribution in [3.8, 4) is 0 Å². The number of hydrogen-bond donors (Lipinski definition) is 0. The van der Waals surface area contributed by atoms with Crippen LogP contribution in [-0.2, 0) is 0 Å². The summed E-state index contributed by atoms with van der Waals surface area (Å²) in [7, 11) is 0. The quantitative estimate of drug-likeness (QED) is 0.202. The Morgan fingerprint density at radius 3 is 2.22 bits per heavy atom. The van der Waals surface area contributed by atoms with Gasteiger partial charge in [-0.2, -0.15) is 4.39 Å². The first-order valence-electron chi connectivity index (χ1n) is 6.31. The van der Waals surface area contributed by atoms with Crippen LogP contribution in [0.5, 0.6) is 0 Å². The van der Waals surface area contributed by atoms with Crippen LogP contribution < -0.4 is 0 Å². The molecule has 4 rings (SSSR count).